The number of benzene rings is 1. The number of carbonyl (C=O) groups is 1. The standard InChI is InChI=1S/C22H31ClN4O2/c1-24-21(25-16-22(9-3-10-22)17-5-7-18(23)8-6-17)27-13-11-26(12-14-27)20(28)19-4-2-15-29-19/h5-8,19H,2-4,9-16H2,1H3,(H,24,25). The van der Waals surface area contributed by atoms with Crippen LogP contribution in [0.25, 0.3) is 0 Å². The molecule has 4 rings (SSSR count). The van der Waals surface area contributed by atoms with E-state index in [1.54, 1.807) is 0 Å². The third kappa shape index (κ3) is 4.38. The van der Waals surface area contributed by atoms with Crippen LogP contribution in [0.3, 0.4) is 0 Å². The van der Waals surface area contributed by atoms with Crippen LogP contribution in [0.4, 0.5) is 0 Å². The van der Waals surface area contributed by atoms with Crippen molar-refractivity contribution in [3.05, 3.63) is 34.9 Å². The summed E-state index contributed by atoms with van der Waals surface area (Å²) in [5.74, 6) is 1.08. The van der Waals surface area contributed by atoms with Crippen LogP contribution >= 0.6 is 11.6 Å². The zero-order valence-corrected chi connectivity index (χ0v) is 18.0. The van der Waals surface area contributed by atoms with Gasteiger partial charge in [-0.1, -0.05) is 30.2 Å². The quantitative estimate of drug-likeness (QED) is 0.603. The van der Waals surface area contributed by atoms with Gasteiger partial charge in [-0.15, -0.1) is 0 Å². The molecule has 1 aromatic rings. The van der Waals surface area contributed by atoms with Gasteiger partial charge in [0, 0.05) is 56.8 Å². The minimum absolute atomic E-state index is 0.154. The Morgan fingerprint density at radius 3 is 2.41 bits per heavy atom. The third-order valence-electron chi connectivity index (χ3n) is 6.66. The Bertz CT molecular complexity index is 734. The molecule has 0 bridgehead atoms. The van der Waals surface area contributed by atoms with Gasteiger partial charge in [-0.2, -0.15) is 0 Å². The Morgan fingerprint density at radius 2 is 1.86 bits per heavy atom. The van der Waals surface area contributed by atoms with Gasteiger partial charge in [-0.05, 0) is 43.4 Å². The number of nitrogens with one attached hydrogen (secondary N) is 1. The molecule has 1 atom stereocenters. The van der Waals surface area contributed by atoms with Crippen molar-refractivity contribution in [2.45, 2.75) is 43.6 Å². The largest absolute Gasteiger partial charge is 0.368 e. The summed E-state index contributed by atoms with van der Waals surface area (Å²) in [5, 5.41) is 4.39. The molecular weight excluding hydrogens is 388 g/mol. The zero-order chi connectivity index (χ0) is 20.3. The van der Waals surface area contributed by atoms with Gasteiger partial charge >= 0.3 is 0 Å². The number of piperazine rings is 1. The van der Waals surface area contributed by atoms with Crippen LogP contribution in [-0.4, -0.2) is 74.1 Å². The van der Waals surface area contributed by atoms with Gasteiger partial charge in [-0.25, -0.2) is 0 Å². The molecule has 0 spiro atoms. The number of hydrogen-bond donors (Lipinski definition) is 1. The molecule has 2 aliphatic heterocycles. The summed E-state index contributed by atoms with van der Waals surface area (Å²) in [5.41, 5.74) is 1.51. The van der Waals surface area contributed by atoms with Crippen molar-refractivity contribution < 1.29 is 9.53 Å². The second kappa shape index (κ2) is 8.92. The first-order valence-corrected chi connectivity index (χ1v) is 11.1. The molecular formula is C22H31ClN4O2. The highest BCUT2D eigenvalue weighted by Gasteiger charge is 2.39. The van der Waals surface area contributed by atoms with Crippen molar-refractivity contribution in [1.29, 1.82) is 0 Å². The Labute approximate surface area is 178 Å². The molecule has 1 aromatic carbocycles. The summed E-state index contributed by atoms with van der Waals surface area (Å²) in [6, 6.07) is 8.27. The first kappa shape index (κ1) is 20.5. The van der Waals surface area contributed by atoms with E-state index in [0.29, 0.717) is 6.61 Å². The highest BCUT2D eigenvalue weighted by Crippen LogP contribution is 2.43. The fourth-order valence-corrected chi connectivity index (χ4v) is 4.80. The van der Waals surface area contributed by atoms with E-state index < -0.39 is 0 Å². The molecule has 1 amide bonds. The lowest BCUT2D eigenvalue weighted by atomic mass is 9.64. The number of carbonyl (C=O) groups excluding carboxylic acids is 1. The van der Waals surface area contributed by atoms with E-state index in [2.05, 4.69) is 27.3 Å². The molecule has 1 saturated carbocycles. The van der Waals surface area contributed by atoms with E-state index in [0.717, 1.165) is 56.5 Å². The van der Waals surface area contributed by atoms with Crippen LogP contribution in [0.1, 0.15) is 37.7 Å². The van der Waals surface area contributed by atoms with Gasteiger partial charge in [0.15, 0.2) is 5.96 Å². The second-order valence-electron chi connectivity index (χ2n) is 8.36. The number of rotatable bonds is 4. The van der Waals surface area contributed by atoms with Crippen LogP contribution < -0.4 is 5.32 Å². The molecule has 29 heavy (non-hydrogen) atoms. The van der Waals surface area contributed by atoms with Gasteiger partial charge in [0.2, 0.25) is 0 Å². The van der Waals surface area contributed by atoms with Gasteiger partial charge in [0.25, 0.3) is 5.91 Å². The monoisotopic (exact) mass is 418 g/mol. The van der Waals surface area contributed by atoms with Crippen LogP contribution in [0, 0.1) is 0 Å². The van der Waals surface area contributed by atoms with E-state index in [1.165, 1.54) is 24.8 Å². The van der Waals surface area contributed by atoms with E-state index in [1.807, 2.05) is 24.1 Å². The van der Waals surface area contributed by atoms with Crippen molar-refractivity contribution in [2.75, 3.05) is 46.4 Å². The number of guanidine groups is 1. The lowest BCUT2D eigenvalue weighted by Crippen LogP contribution is -2.57. The minimum Gasteiger partial charge on any atom is -0.368 e. The van der Waals surface area contributed by atoms with Crippen molar-refractivity contribution in [2.24, 2.45) is 4.99 Å². The normalized spacial score (nSPS) is 24.3. The molecule has 1 N–H and O–H groups in total. The average Bonchev–Trinajstić information content (AvgIpc) is 3.26. The van der Waals surface area contributed by atoms with Crippen molar-refractivity contribution in [1.82, 2.24) is 15.1 Å². The number of aliphatic imine (C=N–C) groups is 1. The SMILES string of the molecule is CN=C(NCC1(c2ccc(Cl)cc2)CCC1)N1CCN(C(=O)C2CCCO2)CC1. The minimum atomic E-state index is -0.225. The number of nitrogens with zero attached hydrogens (tertiary/aromatic N) is 3. The average molecular weight is 419 g/mol. The lowest BCUT2D eigenvalue weighted by molar-refractivity contribution is -0.142. The van der Waals surface area contributed by atoms with Crippen LogP contribution in [-0.2, 0) is 14.9 Å². The fourth-order valence-electron chi connectivity index (χ4n) is 4.67. The van der Waals surface area contributed by atoms with Gasteiger partial charge in [0.1, 0.15) is 6.10 Å². The Balaban J connectivity index is 1.32. The summed E-state index contributed by atoms with van der Waals surface area (Å²) in [7, 11) is 1.84. The molecule has 3 aliphatic rings. The van der Waals surface area contributed by atoms with Crippen LogP contribution in [0.15, 0.2) is 29.3 Å². The van der Waals surface area contributed by atoms with E-state index in [4.69, 9.17) is 16.3 Å². The second-order valence-corrected chi connectivity index (χ2v) is 8.79. The Morgan fingerprint density at radius 1 is 1.17 bits per heavy atom. The van der Waals surface area contributed by atoms with Gasteiger partial charge in [-0.3, -0.25) is 9.79 Å². The molecule has 1 unspecified atom stereocenters. The number of halogens is 1. The van der Waals surface area contributed by atoms with E-state index in [9.17, 15) is 4.79 Å². The topological polar surface area (TPSA) is 57.2 Å². The van der Waals surface area contributed by atoms with Crippen molar-refractivity contribution in [3.63, 3.8) is 0 Å². The lowest BCUT2D eigenvalue weighted by Gasteiger charge is -2.44. The molecule has 0 radical (unpaired) electrons. The summed E-state index contributed by atoms with van der Waals surface area (Å²) < 4.78 is 5.56. The molecule has 2 heterocycles. The number of ether oxygens (including phenoxy) is 1. The van der Waals surface area contributed by atoms with Gasteiger partial charge < -0.3 is 19.9 Å². The molecule has 3 fully saturated rings. The Hall–Kier alpha value is -1.79. The maximum Gasteiger partial charge on any atom is 0.251 e. The first-order valence-electron chi connectivity index (χ1n) is 10.7. The molecule has 6 nitrogen and oxygen atoms in total. The zero-order valence-electron chi connectivity index (χ0n) is 17.2. The smallest absolute Gasteiger partial charge is 0.251 e. The number of hydrogen-bond acceptors (Lipinski definition) is 3. The maximum absolute atomic E-state index is 12.6. The molecule has 2 saturated heterocycles. The van der Waals surface area contributed by atoms with Crippen LogP contribution in [0.2, 0.25) is 5.02 Å². The fraction of sp³-hybridized carbons (Fsp3) is 0.636. The maximum atomic E-state index is 12.6. The third-order valence-corrected chi connectivity index (χ3v) is 6.91. The number of amides is 1. The van der Waals surface area contributed by atoms with E-state index in [-0.39, 0.29) is 17.4 Å². The molecule has 158 valence electrons. The summed E-state index contributed by atoms with van der Waals surface area (Å²) in [4.78, 5) is 21.3. The molecule has 0 aromatic heterocycles. The van der Waals surface area contributed by atoms with E-state index >= 15 is 0 Å². The summed E-state index contributed by atoms with van der Waals surface area (Å²) in [6.45, 7) is 4.63. The van der Waals surface area contributed by atoms with Gasteiger partial charge in [0.05, 0.1) is 0 Å². The molecule has 1 aliphatic carbocycles. The first-order chi connectivity index (χ1) is 14.1. The predicted octanol–water partition coefficient (Wildman–Crippen LogP) is 2.66. The van der Waals surface area contributed by atoms with Crippen molar-refractivity contribution in [3.8, 4) is 0 Å². The predicted molar refractivity (Wildman–Crippen MR) is 115 cm³/mol. The molecule has 7 heteroatoms. The highest BCUT2D eigenvalue weighted by molar-refractivity contribution is 6.30. The highest BCUT2D eigenvalue weighted by atomic mass is 35.5. The summed E-state index contributed by atoms with van der Waals surface area (Å²) >= 11 is 6.07. The van der Waals surface area contributed by atoms with Crippen LogP contribution in [0.5, 0.6) is 0 Å². The Kier molecular flexibility index (Phi) is 6.30. The van der Waals surface area contributed by atoms with Crippen molar-refractivity contribution >= 4 is 23.5 Å². The summed E-state index contributed by atoms with van der Waals surface area (Å²) in [6.07, 6.45) is 5.24.